The third-order valence-corrected chi connectivity index (χ3v) is 4.69. The molecule has 2 rings (SSSR count). The minimum Gasteiger partial charge on any atom is -0.379 e. The van der Waals surface area contributed by atoms with Crippen LogP contribution in [0.5, 0.6) is 0 Å². The fourth-order valence-corrected chi connectivity index (χ4v) is 2.96. The lowest BCUT2D eigenvalue weighted by molar-refractivity contribution is -0.134. The van der Waals surface area contributed by atoms with Crippen molar-refractivity contribution in [3.63, 3.8) is 0 Å². The van der Waals surface area contributed by atoms with Crippen LogP contribution in [-0.2, 0) is 14.3 Å². The van der Waals surface area contributed by atoms with Crippen LogP contribution in [0.15, 0.2) is 0 Å². The number of likely N-dealkylation sites (N-methyl/N-ethyl adjacent to an activating group) is 1. The van der Waals surface area contributed by atoms with E-state index in [1.54, 1.807) is 11.8 Å². The summed E-state index contributed by atoms with van der Waals surface area (Å²) in [7, 11) is 2.07. The maximum atomic E-state index is 12.3. The van der Waals surface area contributed by atoms with Crippen molar-refractivity contribution in [2.45, 2.75) is 13.3 Å². The van der Waals surface area contributed by atoms with Gasteiger partial charge in [-0.15, -0.1) is 0 Å². The first kappa shape index (κ1) is 18.2. The van der Waals surface area contributed by atoms with Crippen molar-refractivity contribution >= 4 is 11.8 Å². The number of ether oxygens (including phenoxy) is 1. The van der Waals surface area contributed by atoms with Crippen LogP contribution in [0.2, 0.25) is 0 Å². The van der Waals surface area contributed by atoms with Gasteiger partial charge in [0.2, 0.25) is 11.8 Å². The van der Waals surface area contributed by atoms with Gasteiger partial charge >= 0.3 is 0 Å². The van der Waals surface area contributed by atoms with E-state index >= 15 is 0 Å². The summed E-state index contributed by atoms with van der Waals surface area (Å²) in [6.07, 6.45) is 0.423. The second-order valence-electron chi connectivity index (χ2n) is 6.39. The van der Waals surface area contributed by atoms with Crippen LogP contribution in [0.4, 0.5) is 0 Å². The van der Waals surface area contributed by atoms with Crippen LogP contribution >= 0.6 is 0 Å². The number of carbonyl (C=O) groups excluding carboxylic acids is 2. The van der Waals surface area contributed by atoms with Crippen LogP contribution in [0.1, 0.15) is 13.3 Å². The summed E-state index contributed by atoms with van der Waals surface area (Å²) < 4.78 is 5.33. The Labute approximate surface area is 139 Å². The molecule has 0 bridgehead atoms. The Morgan fingerprint density at radius 2 is 1.65 bits per heavy atom. The van der Waals surface area contributed by atoms with Crippen LogP contribution in [0.25, 0.3) is 0 Å². The third-order valence-electron chi connectivity index (χ3n) is 4.69. The molecule has 2 saturated heterocycles. The molecule has 0 spiro atoms. The molecule has 0 unspecified atom stereocenters. The van der Waals surface area contributed by atoms with E-state index in [1.807, 2.05) is 4.90 Å². The van der Waals surface area contributed by atoms with Crippen molar-refractivity contribution in [3.8, 4) is 0 Å². The van der Waals surface area contributed by atoms with Gasteiger partial charge in [0.05, 0.1) is 13.2 Å². The summed E-state index contributed by atoms with van der Waals surface area (Å²) in [5.74, 6) is 0.208. The predicted molar refractivity (Wildman–Crippen MR) is 88.2 cm³/mol. The van der Waals surface area contributed by atoms with Crippen molar-refractivity contribution in [1.29, 1.82) is 0 Å². The van der Waals surface area contributed by atoms with Gasteiger partial charge < -0.3 is 19.4 Å². The molecule has 0 aliphatic carbocycles. The van der Waals surface area contributed by atoms with E-state index in [9.17, 15) is 9.59 Å². The Bertz CT molecular complexity index is 391. The minimum absolute atomic E-state index is 0.0458. The first-order valence-corrected chi connectivity index (χ1v) is 8.58. The van der Waals surface area contributed by atoms with Crippen molar-refractivity contribution in [3.05, 3.63) is 0 Å². The largest absolute Gasteiger partial charge is 0.379 e. The van der Waals surface area contributed by atoms with E-state index in [2.05, 4.69) is 16.8 Å². The quantitative estimate of drug-likeness (QED) is 0.648. The van der Waals surface area contributed by atoms with Gasteiger partial charge in [0.15, 0.2) is 0 Å². The summed E-state index contributed by atoms with van der Waals surface area (Å²) in [4.78, 5) is 32.3. The Kier molecular flexibility index (Phi) is 7.26. The van der Waals surface area contributed by atoms with E-state index in [4.69, 9.17) is 4.74 Å². The molecule has 23 heavy (non-hydrogen) atoms. The van der Waals surface area contributed by atoms with Crippen molar-refractivity contribution in [2.24, 2.45) is 0 Å². The molecule has 2 heterocycles. The van der Waals surface area contributed by atoms with Gasteiger partial charge in [0.1, 0.15) is 0 Å². The first-order valence-electron chi connectivity index (χ1n) is 8.58. The van der Waals surface area contributed by atoms with Crippen molar-refractivity contribution < 1.29 is 14.3 Å². The number of nitrogens with zero attached hydrogens (tertiary/aromatic N) is 4. The smallest absolute Gasteiger partial charge is 0.224 e. The maximum Gasteiger partial charge on any atom is 0.224 e. The lowest BCUT2D eigenvalue weighted by Gasteiger charge is -2.33. The molecule has 0 saturated carbocycles. The Morgan fingerprint density at radius 3 is 2.26 bits per heavy atom. The normalized spacial score (nSPS) is 20.5. The zero-order valence-electron chi connectivity index (χ0n) is 14.5. The van der Waals surface area contributed by atoms with Crippen LogP contribution in [-0.4, -0.2) is 111 Å². The lowest BCUT2D eigenvalue weighted by Crippen LogP contribution is -2.48. The van der Waals surface area contributed by atoms with E-state index in [0.717, 1.165) is 59.0 Å². The van der Waals surface area contributed by atoms with Gasteiger partial charge in [-0.1, -0.05) is 0 Å². The standard InChI is InChI=1S/C16H30N4O3/c1-15(21)19(10-7-18-11-13-23-14-12-18)4-3-16(22)20-8-5-17(2)6-9-20/h3-14H2,1-2H3. The van der Waals surface area contributed by atoms with Gasteiger partial charge in [0.25, 0.3) is 0 Å². The Hall–Kier alpha value is -1.18. The van der Waals surface area contributed by atoms with E-state index in [-0.39, 0.29) is 11.8 Å². The molecule has 0 atom stereocenters. The molecule has 0 aromatic heterocycles. The Morgan fingerprint density at radius 1 is 1.00 bits per heavy atom. The zero-order valence-corrected chi connectivity index (χ0v) is 14.5. The minimum atomic E-state index is 0.0458. The monoisotopic (exact) mass is 326 g/mol. The highest BCUT2D eigenvalue weighted by Gasteiger charge is 2.20. The summed E-state index contributed by atoms with van der Waals surface area (Å²) in [6.45, 7) is 10.5. The average Bonchev–Trinajstić information content (AvgIpc) is 2.56. The van der Waals surface area contributed by atoms with Gasteiger partial charge in [-0.3, -0.25) is 14.5 Å². The number of morpholine rings is 1. The van der Waals surface area contributed by atoms with Gasteiger partial charge in [-0.05, 0) is 7.05 Å². The highest BCUT2D eigenvalue weighted by molar-refractivity contribution is 5.78. The van der Waals surface area contributed by atoms with Gasteiger partial charge in [-0.2, -0.15) is 0 Å². The number of rotatable bonds is 6. The van der Waals surface area contributed by atoms with Crippen molar-refractivity contribution in [1.82, 2.24) is 19.6 Å². The molecule has 2 amide bonds. The zero-order chi connectivity index (χ0) is 16.7. The van der Waals surface area contributed by atoms with Crippen LogP contribution in [0.3, 0.4) is 0 Å². The molecule has 7 heteroatoms. The molecule has 2 aliphatic rings. The van der Waals surface area contributed by atoms with Crippen molar-refractivity contribution in [2.75, 3.05) is 79.2 Å². The highest BCUT2D eigenvalue weighted by Crippen LogP contribution is 2.04. The fraction of sp³-hybridized carbons (Fsp3) is 0.875. The second-order valence-corrected chi connectivity index (χ2v) is 6.39. The van der Waals surface area contributed by atoms with Gasteiger partial charge in [0, 0.05) is 72.2 Å². The maximum absolute atomic E-state index is 12.3. The first-order chi connectivity index (χ1) is 11.1. The second kappa shape index (κ2) is 9.20. The summed E-state index contributed by atoms with van der Waals surface area (Å²) in [6, 6.07) is 0. The number of hydrogen-bond donors (Lipinski definition) is 0. The lowest BCUT2D eigenvalue weighted by atomic mass is 10.2. The topological polar surface area (TPSA) is 56.3 Å². The molecule has 0 N–H and O–H groups in total. The molecule has 132 valence electrons. The van der Waals surface area contributed by atoms with Crippen LogP contribution < -0.4 is 0 Å². The molecule has 2 aliphatic heterocycles. The van der Waals surface area contributed by atoms with Gasteiger partial charge in [-0.25, -0.2) is 0 Å². The summed E-state index contributed by atoms with van der Waals surface area (Å²) >= 11 is 0. The number of hydrogen-bond acceptors (Lipinski definition) is 5. The SMILES string of the molecule is CC(=O)N(CCC(=O)N1CCN(C)CC1)CCN1CCOCC1. The number of carbonyl (C=O) groups is 2. The highest BCUT2D eigenvalue weighted by atomic mass is 16.5. The van der Waals surface area contributed by atoms with E-state index < -0.39 is 0 Å². The van der Waals surface area contributed by atoms with E-state index in [1.165, 1.54) is 0 Å². The summed E-state index contributed by atoms with van der Waals surface area (Å²) in [5, 5.41) is 0. The number of piperazine rings is 1. The molecular formula is C16H30N4O3. The number of amides is 2. The Balaban J connectivity index is 1.71. The summed E-state index contributed by atoms with van der Waals surface area (Å²) in [5.41, 5.74) is 0. The fourth-order valence-electron chi connectivity index (χ4n) is 2.96. The van der Waals surface area contributed by atoms with E-state index in [0.29, 0.717) is 19.5 Å². The molecule has 7 nitrogen and oxygen atoms in total. The van der Waals surface area contributed by atoms with Crippen LogP contribution in [0, 0.1) is 0 Å². The molecule has 0 aromatic rings. The average molecular weight is 326 g/mol. The molecule has 0 aromatic carbocycles. The molecule has 0 radical (unpaired) electrons. The third kappa shape index (κ3) is 6.08. The predicted octanol–water partition coefficient (Wildman–Crippen LogP) is -0.669. The molecular weight excluding hydrogens is 296 g/mol. The molecule has 2 fully saturated rings.